The van der Waals surface area contributed by atoms with Crippen LogP contribution in [-0.2, 0) is 13.2 Å². The van der Waals surface area contributed by atoms with Gasteiger partial charge in [-0.2, -0.15) is 0 Å². The summed E-state index contributed by atoms with van der Waals surface area (Å²) in [5.74, 6) is 0. The first-order chi connectivity index (χ1) is 7.22. The van der Waals surface area contributed by atoms with Gasteiger partial charge in [-0.25, -0.2) is 0 Å². The van der Waals surface area contributed by atoms with E-state index < -0.39 is 0 Å². The Morgan fingerprint density at radius 2 is 2.00 bits per heavy atom. The van der Waals surface area contributed by atoms with Gasteiger partial charge in [0.2, 0.25) is 0 Å². The minimum Gasteiger partial charge on any atom is -0.391 e. The Bertz CT molecular complexity index is 462. The van der Waals surface area contributed by atoms with E-state index in [1.54, 1.807) is 11.3 Å². The molecule has 0 saturated heterocycles. The monoisotopic (exact) mass is 221 g/mol. The summed E-state index contributed by atoms with van der Waals surface area (Å²) in [6.07, 6.45) is 0. The molecule has 0 saturated carbocycles. The Kier molecular flexibility index (Phi) is 3.05. The third-order valence-corrected chi connectivity index (χ3v) is 3.60. The normalized spacial score (nSPS) is 11.5. The van der Waals surface area contributed by atoms with E-state index in [9.17, 15) is 5.11 Å². The lowest BCUT2D eigenvalue weighted by Crippen LogP contribution is -2.11. The van der Waals surface area contributed by atoms with Gasteiger partial charge in [-0.1, -0.05) is 18.2 Å². The van der Waals surface area contributed by atoms with Crippen LogP contribution in [0.3, 0.4) is 0 Å². The number of nitrogens with zero attached hydrogens (tertiary/aromatic N) is 1. The molecule has 1 heterocycles. The van der Waals surface area contributed by atoms with E-state index in [1.165, 1.54) is 15.6 Å². The van der Waals surface area contributed by atoms with Crippen molar-refractivity contribution in [2.24, 2.45) is 0 Å². The van der Waals surface area contributed by atoms with Crippen LogP contribution in [0, 0.1) is 0 Å². The van der Waals surface area contributed by atoms with Crippen LogP contribution >= 0.6 is 11.3 Å². The average molecular weight is 221 g/mol. The van der Waals surface area contributed by atoms with Gasteiger partial charge < -0.3 is 10.0 Å². The smallest absolute Gasteiger partial charge is 0.0778 e. The zero-order chi connectivity index (χ0) is 10.8. The summed E-state index contributed by atoms with van der Waals surface area (Å²) in [4.78, 5) is 3.22. The second kappa shape index (κ2) is 4.31. The Hall–Kier alpha value is -0.900. The molecule has 1 aromatic carbocycles. The van der Waals surface area contributed by atoms with Crippen LogP contribution < -0.4 is 0 Å². The van der Waals surface area contributed by atoms with Crippen LogP contribution in [0.25, 0.3) is 10.1 Å². The first kappa shape index (κ1) is 10.6. The molecule has 2 nitrogen and oxygen atoms in total. The van der Waals surface area contributed by atoms with Gasteiger partial charge in [-0.3, -0.25) is 0 Å². The molecule has 15 heavy (non-hydrogen) atoms. The molecule has 0 unspecified atom stereocenters. The number of fused-ring (bicyclic) bond motifs is 1. The fraction of sp³-hybridized carbons (Fsp3) is 0.333. The van der Waals surface area contributed by atoms with E-state index in [2.05, 4.69) is 23.1 Å². The maximum Gasteiger partial charge on any atom is 0.0778 e. The number of thiophene rings is 1. The lowest BCUT2D eigenvalue weighted by atomic mass is 10.1. The number of hydrogen-bond donors (Lipinski definition) is 1. The molecule has 0 aliphatic carbocycles. The van der Waals surface area contributed by atoms with Gasteiger partial charge in [0.25, 0.3) is 0 Å². The summed E-state index contributed by atoms with van der Waals surface area (Å²) < 4.78 is 1.26. The summed E-state index contributed by atoms with van der Waals surface area (Å²) in [6.45, 7) is 1.03. The molecule has 0 fully saturated rings. The molecule has 0 aliphatic rings. The van der Waals surface area contributed by atoms with Crippen molar-refractivity contribution in [1.29, 1.82) is 0 Å². The van der Waals surface area contributed by atoms with Crippen molar-refractivity contribution >= 4 is 21.4 Å². The van der Waals surface area contributed by atoms with Gasteiger partial charge >= 0.3 is 0 Å². The number of hydrogen-bond acceptors (Lipinski definition) is 3. The third-order valence-electron chi connectivity index (χ3n) is 2.40. The summed E-state index contributed by atoms with van der Waals surface area (Å²) in [6, 6.07) is 8.33. The molecular weight excluding hydrogens is 206 g/mol. The van der Waals surface area contributed by atoms with Gasteiger partial charge in [0.15, 0.2) is 0 Å². The zero-order valence-electron chi connectivity index (χ0n) is 9.03. The fourth-order valence-electron chi connectivity index (χ4n) is 1.77. The van der Waals surface area contributed by atoms with E-state index in [0.717, 1.165) is 11.4 Å². The third kappa shape index (κ3) is 2.04. The number of rotatable bonds is 3. The molecule has 3 heteroatoms. The van der Waals surface area contributed by atoms with E-state index in [0.29, 0.717) is 0 Å². The van der Waals surface area contributed by atoms with Crippen molar-refractivity contribution in [3.8, 4) is 0 Å². The van der Waals surface area contributed by atoms with Crippen molar-refractivity contribution in [1.82, 2.24) is 4.90 Å². The largest absolute Gasteiger partial charge is 0.391 e. The lowest BCUT2D eigenvalue weighted by molar-refractivity contribution is 0.282. The lowest BCUT2D eigenvalue weighted by Gasteiger charge is -2.10. The molecule has 2 aromatic rings. The van der Waals surface area contributed by atoms with Gasteiger partial charge in [0.1, 0.15) is 0 Å². The second-order valence-corrected chi connectivity index (χ2v) is 5.03. The molecule has 80 valence electrons. The molecule has 0 aliphatic heterocycles. The van der Waals surface area contributed by atoms with Crippen molar-refractivity contribution in [3.63, 3.8) is 0 Å². The zero-order valence-corrected chi connectivity index (χ0v) is 9.84. The predicted octanol–water partition coefficient (Wildman–Crippen LogP) is 2.46. The van der Waals surface area contributed by atoms with Crippen LogP contribution in [0.1, 0.15) is 10.4 Å². The van der Waals surface area contributed by atoms with E-state index in [4.69, 9.17) is 0 Å². The molecule has 0 amide bonds. The van der Waals surface area contributed by atoms with Crippen LogP contribution in [0.2, 0.25) is 0 Å². The Morgan fingerprint density at radius 1 is 1.27 bits per heavy atom. The van der Waals surface area contributed by atoms with Crippen molar-refractivity contribution in [3.05, 3.63) is 34.7 Å². The minimum atomic E-state index is 0.141. The standard InChI is InChI=1S/C12H15NOS/c1-13(2)7-10-9-5-3-4-6-11(9)15-12(10)8-14/h3-6,14H,7-8H2,1-2H3. The molecule has 0 spiro atoms. The summed E-state index contributed by atoms with van der Waals surface area (Å²) in [7, 11) is 4.10. The molecular formula is C12H15NOS. The number of aliphatic hydroxyl groups excluding tert-OH is 1. The first-order valence-electron chi connectivity index (χ1n) is 4.97. The van der Waals surface area contributed by atoms with E-state index >= 15 is 0 Å². The van der Waals surface area contributed by atoms with Gasteiger partial charge in [0.05, 0.1) is 6.61 Å². The van der Waals surface area contributed by atoms with Crippen molar-refractivity contribution in [2.45, 2.75) is 13.2 Å². The summed E-state index contributed by atoms with van der Waals surface area (Å²) in [5.41, 5.74) is 1.27. The minimum absolute atomic E-state index is 0.141. The molecule has 1 N–H and O–H groups in total. The molecule has 0 radical (unpaired) electrons. The van der Waals surface area contributed by atoms with Crippen LogP contribution in [0.5, 0.6) is 0 Å². The average Bonchev–Trinajstić information content (AvgIpc) is 2.56. The quantitative estimate of drug-likeness (QED) is 0.860. The summed E-state index contributed by atoms with van der Waals surface area (Å²) >= 11 is 1.69. The predicted molar refractivity (Wildman–Crippen MR) is 65.1 cm³/mol. The summed E-state index contributed by atoms with van der Waals surface area (Å²) in [5, 5.41) is 10.6. The van der Waals surface area contributed by atoms with Crippen molar-refractivity contribution in [2.75, 3.05) is 14.1 Å². The van der Waals surface area contributed by atoms with Crippen LogP contribution in [-0.4, -0.2) is 24.1 Å². The van der Waals surface area contributed by atoms with Gasteiger partial charge in [0, 0.05) is 16.1 Å². The highest BCUT2D eigenvalue weighted by Gasteiger charge is 2.11. The Balaban J connectivity index is 2.56. The molecule has 1 aromatic heterocycles. The Morgan fingerprint density at radius 3 is 2.67 bits per heavy atom. The first-order valence-corrected chi connectivity index (χ1v) is 5.79. The number of benzene rings is 1. The topological polar surface area (TPSA) is 23.5 Å². The van der Waals surface area contributed by atoms with E-state index in [1.807, 2.05) is 20.2 Å². The highest BCUT2D eigenvalue weighted by atomic mass is 32.1. The van der Waals surface area contributed by atoms with Gasteiger partial charge in [-0.15, -0.1) is 11.3 Å². The highest BCUT2D eigenvalue weighted by Crippen LogP contribution is 2.31. The van der Waals surface area contributed by atoms with Crippen LogP contribution in [0.15, 0.2) is 24.3 Å². The molecule has 0 bridgehead atoms. The molecule has 2 rings (SSSR count). The molecule has 0 atom stereocenters. The fourth-order valence-corrected chi connectivity index (χ4v) is 2.84. The van der Waals surface area contributed by atoms with Crippen molar-refractivity contribution < 1.29 is 5.11 Å². The van der Waals surface area contributed by atoms with Crippen LogP contribution in [0.4, 0.5) is 0 Å². The highest BCUT2D eigenvalue weighted by molar-refractivity contribution is 7.19. The number of aliphatic hydroxyl groups is 1. The maximum absolute atomic E-state index is 9.32. The Labute approximate surface area is 93.8 Å². The second-order valence-electron chi connectivity index (χ2n) is 3.90. The van der Waals surface area contributed by atoms with Gasteiger partial charge in [-0.05, 0) is 31.1 Å². The van der Waals surface area contributed by atoms with E-state index in [-0.39, 0.29) is 6.61 Å². The maximum atomic E-state index is 9.32. The SMILES string of the molecule is CN(C)Cc1c(CO)sc2ccccc12.